The van der Waals surface area contributed by atoms with Crippen LogP contribution in [0.5, 0.6) is 0 Å². The van der Waals surface area contributed by atoms with Gasteiger partial charge in [-0.2, -0.15) is 0 Å². The zero-order valence-electron chi connectivity index (χ0n) is 6.92. The van der Waals surface area contributed by atoms with Gasteiger partial charge >= 0.3 is 0 Å². The van der Waals surface area contributed by atoms with Gasteiger partial charge in [-0.15, -0.1) is 0 Å². The summed E-state index contributed by atoms with van der Waals surface area (Å²) in [7, 11) is 0. The highest BCUT2D eigenvalue weighted by atomic mass is 17.2. The Morgan fingerprint density at radius 3 is 2.36 bits per heavy atom. The Balaban J connectivity index is 1.82. The summed E-state index contributed by atoms with van der Waals surface area (Å²) < 4.78 is 0. The van der Waals surface area contributed by atoms with E-state index in [2.05, 4.69) is 0 Å². The molecule has 1 aliphatic carbocycles. The molecule has 2 aliphatic rings. The Morgan fingerprint density at radius 1 is 0.909 bits per heavy atom. The van der Waals surface area contributed by atoms with Crippen molar-refractivity contribution in [3.63, 3.8) is 0 Å². The second-order valence-electron chi connectivity index (χ2n) is 3.64. The maximum atomic E-state index is 5.26. The summed E-state index contributed by atoms with van der Waals surface area (Å²) in [5.41, 5.74) is 0. The molecule has 1 heterocycles. The largest absolute Gasteiger partial charge is 0.236 e. The summed E-state index contributed by atoms with van der Waals surface area (Å²) in [6, 6.07) is 0. The fraction of sp³-hybridized carbons (Fsp3) is 1.00. The predicted octanol–water partition coefficient (Wildman–Crippen LogP) is 2.29. The SMILES string of the molecule is C1CCC(C2CCCOO2)C1. The van der Waals surface area contributed by atoms with Gasteiger partial charge in [0, 0.05) is 0 Å². The second-order valence-corrected chi connectivity index (χ2v) is 3.64. The zero-order valence-corrected chi connectivity index (χ0v) is 6.92. The smallest absolute Gasteiger partial charge is 0.0958 e. The second kappa shape index (κ2) is 3.55. The molecule has 0 N–H and O–H groups in total. The van der Waals surface area contributed by atoms with E-state index in [1.54, 1.807) is 0 Å². The fourth-order valence-electron chi connectivity index (χ4n) is 2.17. The van der Waals surface area contributed by atoms with Crippen LogP contribution in [0.1, 0.15) is 38.5 Å². The minimum atomic E-state index is 0.422. The van der Waals surface area contributed by atoms with Gasteiger partial charge in [-0.1, -0.05) is 12.8 Å². The first kappa shape index (κ1) is 7.56. The van der Waals surface area contributed by atoms with Crippen LogP contribution < -0.4 is 0 Å². The highest BCUT2D eigenvalue weighted by Gasteiger charge is 2.27. The number of hydrogen-bond acceptors (Lipinski definition) is 2. The van der Waals surface area contributed by atoms with Crippen LogP contribution in [0.3, 0.4) is 0 Å². The molecule has 2 fully saturated rings. The van der Waals surface area contributed by atoms with Gasteiger partial charge in [0.2, 0.25) is 0 Å². The first-order valence-electron chi connectivity index (χ1n) is 4.75. The molecular formula is C9H16O2. The van der Waals surface area contributed by atoms with Gasteiger partial charge in [-0.05, 0) is 31.6 Å². The molecule has 0 aromatic heterocycles. The molecule has 0 aromatic carbocycles. The molecule has 0 aromatic rings. The summed E-state index contributed by atoms with van der Waals surface area (Å²) >= 11 is 0. The molecule has 64 valence electrons. The molecule has 2 heteroatoms. The van der Waals surface area contributed by atoms with Gasteiger partial charge in [-0.25, -0.2) is 9.78 Å². The third kappa shape index (κ3) is 1.74. The molecule has 1 unspecified atom stereocenters. The van der Waals surface area contributed by atoms with Crippen molar-refractivity contribution in [1.82, 2.24) is 0 Å². The van der Waals surface area contributed by atoms with Crippen LogP contribution >= 0.6 is 0 Å². The van der Waals surface area contributed by atoms with Crippen molar-refractivity contribution >= 4 is 0 Å². The topological polar surface area (TPSA) is 18.5 Å². The van der Waals surface area contributed by atoms with E-state index >= 15 is 0 Å². The minimum Gasteiger partial charge on any atom is -0.236 e. The Labute approximate surface area is 67.8 Å². The van der Waals surface area contributed by atoms with E-state index in [0.717, 1.165) is 12.5 Å². The summed E-state index contributed by atoms with van der Waals surface area (Å²) in [5, 5.41) is 0. The molecular weight excluding hydrogens is 140 g/mol. The normalized spacial score (nSPS) is 34.4. The van der Waals surface area contributed by atoms with Crippen molar-refractivity contribution in [2.75, 3.05) is 6.61 Å². The van der Waals surface area contributed by atoms with Crippen LogP contribution in [0.4, 0.5) is 0 Å². The summed E-state index contributed by atoms with van der Waals surface area (Å²) in [6.07, 6.45) is 8.31. The van der Waals surface area contributed by atoms with Crippen LogP contribution in [-0.2, 0) is 9.78 Å². The fourth-order valence-corrected chi connectivity index (χ4v) is 2.17. The lowest BCUT2D eigenvalue weighted by Gasteiger charge is -2.25. The summed E-state index contributed by atoms with van der Waals surface area (Å²) in [4.78, 5) is 10.3. The van der Waals surface area contributed by atoms with Crippen LogP contribution in [0.25, 0.3) is 0 Å². The first-order chi connectivity index (χ1) is 5.47. The van der Waals surface area contributed by atoms with Gasteiger partial charge in [0.05, 0.1) is 12.7 Å². The molecule has 1 saturated carbocycles. The Morgan fingerprint density at radius 2 is 1.73 bits per heavy atom. The molecule has 11 heavy (non-hydrogen) atoms. The molecule has 0 radical (unpaired) electrons. The Kier molecular flexibility index (Phi) is 2.44. The van der Waals surface area contributed by atoms with Crippen LogP contribution in [0.15, 0.2) is 0 Å². The van der Waals surface area contributed by atoms with E-state index in [-0.39, 0.29) is 0 Å². The van der Waals surface area contributed by atoms with E-state index in [4.69, 9.17) is 9.78 Å². The van der Waals surface area contributed by atoms with Crippen molar-refractivity contribution < 1.29 is 9.78 Å². The lowest BCUT2D eigenvalue weighted by molar-refractivity contribution is -0.353. The monoisotopic (exact) mass is 156 g/mol. The highest BCUT2D eigenvalue weighted by molar-refractivity contribution is 4.75. The Hall–Kier alpha value is -0.0800. The highest BCUT2D eigenvalue weighted by Crippen LogP contribution is 2.32. The molecule has 0 amide bonds. The zero-order chi connectivity index (χ0) is 7.52. The van der Waals surface area contributed by atoms with E-state index in [0.29, 0.717) is 6.10 Å². The van der Waals surface area contributed by atoms with Crippen molar-refractivity contribution in [3.8, 4) is 0 Å². The first-order valence-corrected chi connectivity index (χ1v) is 4.75. The maximum Gasteiger partial charge on any atom is 0.0958 e. The maximum absolute atomic E-state index is 5.26. The molecule has 2 nitrogen and oxygen atoms in total. The number of rotatable bonds is 1. The Bertz CT molecular complexity index is 113. The molecule has 1 aliphatic heterocycles. The third-order valence-electron chi connectivity index (χ3n) is 2.83. The lowest BCUT2D eigenvalue weighted by atomic mass is 9.97. The van der Waals surface area contributed by atoms with Gasteiger partial charge in [0.1, 0.15) is 0 Å². The van der Waals surface area contributed by atoms with E-state index < -0.39 is 0 Å². The summed E-state index contributed by atoms with van der Waals surface area (Å²) in [6.45, 7) is 0.795. The van der Waals surface area contributed by atoms with Gasteiger partial charge < -0.3 is 0 Å². The van der Waals surface area contributed by atoms with E-state index in [1.807, 2.05) is 0 Å². The molecule has 2 rings (SSSR count). The number of hydrogen-bond donors (Lipinski definition) is 0. The van der Waals surface area contributed by atoms with Gasteiger partial charge in [0.25, 0.3) is 0 Å². The van der Waals surface area contributed by atoms with Crippen LogP contribution in [-0.4, -0.2) is 12.7 Å². The molecule has 1 saturated heterocycles. The van der Waals surface area contributed by atoms with Gasteiger partial charge in [-0.3, -0.25) is 0 Å². The molecule has 1 atom stereocenters. The molecule has 0 spiro atoms. The minimum absolute atomic E-state index is 0.422. The summed E-state index contributed by atoms with van der Waals surface area (Å²) in [5.74, 6) is 0.801. The van der Waals surface area contributed by atoms with Crippen molar-refractivity contribution in [2.24, 2.45) is 5.92 Å². The average molecular weight is 156 g/mol. The van der Waals surface area contributed by atoms with Crippen molar-refractivity contribution in [2.45, 2.75) is 44.6 Å². The lowest BCUT2D eigenvalue weighted by Crippen LogP contribution is -2.26. The van der Waals surface area contributed by atoms with E-state index in [9.17, 15) is 0 Å². The van der Waals surface area contributed by atoms with Crippen molar-refractivity contribution in [3.05, 3.63) is 0 Å². The van der Waals surface area contributed by atoms with Gasteiger partial charge in [0.15, 0.2) is 0 Å². The molecule has 0 bridgehead atoms. The quantitative estimate of drug-likeness (QED) is 0.542. The third-order valence-corrected chi connectivity index (χ3v) is 2.83. The van der Waals surface area contributed by atoms with Crippen LogP contribution in [0.2, 0.25) is 0 Å². The van der Waals surface area contributed by atoms with Crippen molar-refractivity contribution in [1.29, 1.82) is 0 Å². The average Bonchev–Trinajstić information content (AvgIpc) is 2.58. The van der Waals surface area contributed by atoms with E-state index in [1.165, 1.54) is 38.5 Å². The van der Waals surface area contributed by atoms with Crippen LogP contribution in [0, 0.1) is 5.92 Å². The predicted molar refractivity (Wildman–Crippen MR) is 42.0 cm³/mol. The standard InChI is InChI=1S/C9H16O2/c1-2-5-8(4-1)9-6-3-7-10-11-9/h8-9H,1-7H2.